The van der Waals surface area contributed by atoms with E-state index in [1.165, 1.54) is 0 Å². The van der Waals surface area contributed by atoms with Crippen LogP contribution in [0.2, 0.25) is 0 Å². The molecule has 0 aromatic rings. The lowest BCUT2D eigenvalue weighted by molar-refractivity contribution is 0.134. The van der Waals surface area contributed by atoms with Crippen LogP contribution in [0.15, 0.2) is 0 Å². The van der Waals surface area contributed by atoms with E-state index in [1.54, 1.807) is 7.11 Å². The molecule has 68 valence electrons. The molecule has 0 aromatic heterocycles. The highest BCUT2D eigenvalue weighted by Crippen LogP contribution is 2.09. The van der Waals surface area contributed by atoms with Crippen molar-refractivity contribution in [1.29, 1.82) is 0 Å². The molecule has 1 atom stereocenters. The molecule has 0 saturated carbocycles. The zero-order chi connectivity index (χ0) is 8.74. The molecular weight excluding hydrogens is 140 g/mol. The Bertz CT molecular complexity index is 94.1. The Morgan fingerprint density at radius 2 is 2.00 bits per heavy atom. The molecule has 4 N–H and O–H groups in total. The van der Waals surface area contributed by atoms with Crippen LogP contribution < -0.4 is 11.5 Å². The van der Waals surface area contributed by atoms with E-state index < -0.39 is 0 Å². The normalized spacial score (nSPS) is 16.4. The zero-order valence-electron chi connectivity index (χ0n) is 7.60. The number of rotatable bonds is 6. The maximum atomic E-state index is 5.90. The van der Waals surface area contributed by atoms with Gasteiger partial charge in [0.25, 0.3) is 0 Å². The lowest BCUT2D eigenvalue weighted by atomic mass is 9.97. The molecule has 0 saturated heterocycles. The number of methoxy groups -OCH3 is 1. The lowest BCUT2D eigenvalue weighted by Gasteiger charge is -2.23. The Hall–Kier alpha value is -0.120. The first kappa shape index (κ1) is 10.9. The number of hydrogen-bond acceptors (Lipinski definition) is 3. The summed E-state index contributed by atoms with van der Waals surface area (Å²) in [6.45, 7) is 3.38. The van der Waals surface area contributed by atoms with E-state index in [2.05, 4.69) is 0 Å². The van der Waals surface area contributed by atoms with Crippen LogP contribution in [0, 0.1) is 0 Å². The maximum Gasteiger partial charge on any atom is 0.0639 e. The molecule has 3 heteroatoms. The number of ether oxygens (including phenoxy) is 1. The van der Waals surface area contributed by atoms with Crippen LogP contribution in [0.1, 0.15) is 26.2 Å². The van der Waals surface area contributed by atoms with Crippen LogP contribution >= 0.6 is 0 Å². The maximum absolute atomic E-state index is 5.90. The van der Waals surface area contributed by atoms with Gasteiger partial charge in [0.1, 0.15) is 0 Å². The van der Waals surface area contributed by atoms with E-state index >= 15 is 0 Å². The molecule has 0 rings (SSSR count). The summed E-state index contributed by atoms with van der Waals surface area (Å²) in [6.07, 6.45) is 3.13. The monoisotopic (exact) mass is 160 g/mol. The van der Waals surface area contributed by atoms with Gasteiger partial charge in [0.15, 0.2) is 0 Å². The van der Waals surface area contributed by atoms with Crippen molar-refractivity contribution >= 4 is 0 Å². The quantitative estimate of drug-likeness (QED) is 0.555. The fraction of sp³-hybridized carbons (Fsp3) is 1.00. The van der Waals surface area contributed by atoms with Crippen LogP contribution in [-0.2, 0) is 4.74 Å². The Morgan fingerprint density at radius 3 is 2.45 bits per heavy atom. The zero-order valence-corrected chi connectivity index (χ0v) is 7.60. The van der Waals surface area contributed by atoms with Crippen molar-refractivity contribution in [2.24, 2.45) is 11.5 Å². The molecule has 0 amide bonds. The molecule has 1 unspecified atom stereocenters. The predicted octanol–water partition coefficient (Wildman–Crippen LogP) is 0.479. The smallest absolute Gasteiger partial charge is 0.0639 e. The molecule has 0 aromatic carbocycles. The lowest BCUT2D eigenvalue weighted by Crippen LogP contribution is -2.40. The van der Waals surface area contributed by atoms with Gasteiger partial charge in [0, 0.05) is 12.6 Å². The highest BCUT2D eigenvalue weighted by atomic mass is 16.5. The van der Waals surface area contributed by atoms with Gasteiger partial charge in [-0.1, -0.05) is 6.42 Å². The highest BCUT2D eigenvalue weighted by Gasteiger charge is 2.16. The summed E-state index contributed by atoms with van der Waals surface area (Å²) in [5.41, 5.74) is 11.1. The molecule has 0 radical (unpaired) electrons. The minimum absolute atomic E-state index is 0.177. The van der Waals surface area contributed by atoms with Gasteiger partial charge in [-0.3, -0.25) is 0 Å². The van der Waals surface area contributed by atoms with Gasteiger partial charge in [-0.15, -0.1) is 0 Å². The van der Waals surface area contributed by atoms with Crippen molar-refractivity contribution in [2.75, 3.05) is 20.3 Å². The minimum Gasteiger partial charge on any atom is -0.383 e. The average molecular weight is 160 g/mol. The number of hydrogen-bond donors (Lipinski definition) is 2. The Morgan fingerprint density at radius 1 is 1.36 bits per heavy atom. The largest absolute Gasteiger partial charge is 0.383 e. The van der Waals surface area contributed by atoms with Crippen molar-refractivity contribution in [3.8, 4) is 0 Å². The van der Waals surface area contributed by atoms with Crippen LogP contribution in [0.5, 0.6) is 0 Å². The van der Waals surface area contributed by atoms with Crippen molar-refractivity contribution < 1.29 is 4.74 Å². The van der Waals surface area contributed by atoms with Gasteiger partial charge in [0.05, 0.1) is 6.61 Å². The molecule has 0 fully saturated rings. The van der Waals surface area contributed by atoms with E-state index in [9.17, 15) is 0 Å². The van der Waals surface area contributed by atoms with Gasteiger partial charge < -0.3 is 16.2 Å². The van der Waals surface area contributed by atoms with Gasteiger partial charge >= 0.3 is 0 Å². The van der Waals surface area contributed by atoms with E-state index in [4.69, 9.17) is 16.2 Å². The molecule has 3 nitrogen and oxygen atoms in total. The van der Waals surface area contributed by atoms with E-state index in [0.717, 1.165) is 25.8 Å². The fourth-order valence-electron chi connectivity index (χ4n) is 1.08. The third-order valence-corrected chi connectivity index (χ3v) is 1.68. The SMILES string of the molecule is COCC(C)(N)CCCCN. The highest BCUT2D eigenvalue weighted by molar-refractivity contribution is 4.77. The van der Waals surface area contributed by atoms with Crippen molar-refractivity contribution in [3.05, 3.63) is 0 Å². The summed E-state index contributed by atoms with van der Waals surface area (Å²) in [7, 11) is 1.67. The van der Waals surface area contributed by atoms with Crippen LogP contribution in [0.25, 0.3) is 0 Å². The first-order valence-corrected chi connectivity index (χ1v) is 4.10. The summed E-state index contributed by atoms with van der Waals surface area (Å²) in [4.78, 5) is 0. The second-order valence-corrected chi connectivity index (χ2v) is 3.33. The molecular formula is C8H20N2O. The average Bonchev–Trinajstić information content (AvgIpc) is 1.87. The fourth-order valence-corrected chi connectivity index (χ4v) is 1.08. The second kappa shape index (κ2) is 5.52. The molecule has 11 heavy (non-hydrogen) atoms. The predicted molar refractivity (Wildman–Crippen MR) is 47.4 cm³/mol. The van der Waals surface area contributed by atoms with E-state index in [1.807, 2.05) is 6.92 Å². The minimum atomic E-state index is -0.177. The summed E-state index contributed by atoms with van der Waals surface area (Å²) in [5, 5.41) is 0. The first-order chi connectivity index (χ1) is 5.12. The van der Waals surface area contributed by atoms with Crippen LogP contribution in [0.4, 0.5) is 0 Å². The van der Waals surface area contributed by atoms with Crippen LogP contribution in [-0.4, -0.2) is 25.8 Å². The molecule has 0 aliphatic rings. The molecule has 0 aliphatic heterocycles. The van der Waals surface area contributed by atoms with Gasteiger partial charge in [0.2, 0.25) is 0 Å². The second-order valence-electron chi connectivity index (χ2n) is 3.33. The summed E-state index contributed by atoms with van der Waals surface area (Å²) >= 11 is 0. The molecule has 0 spiro atoms. The van der Waals surface area contributed by atoms with Gasteiger partial charge in [-0.05, 0) is 26.3 Å². The standard InChI is InChI=1S/C8H20N2O/c1-8(10,7-11-2)5-3-4-6-9/h3-7,9-10H2,1-2H3. The Labute approximate surface area is 69.1 Å². The molecule has 0 aliphatic carbocycles. The van der Waals surface area contributed by atoms with Crippen molar-refractivity contribution in [3.63, 3.8) is 0 Å². The molecule has 0 bridgehead atoms. The summed E-state index contributed by atoms with van der Waals surface area (Å²) < 4.78 is 4.98. The van der Waals surface area contributed by atoms with Crippen LogP contribution in [0.3, 0.4) is 0 Å². The third kappa shape index (κ3) is 6.28. The number of unbranched alkanes of at least 4 members (excludes halogenated alkanes) is 1. The number of nitrogens with two attached hydrogens (primary N) is 2. The first-order valence-electron chi connectivity index (χ1n) is 4.10. The van der Waals surface area contributed by atoms with Gasteiger partial charge in [-0.25, -0.2) is 0 Å². The summed E-state index contributed by atoms with van der Waals surface area (Å²) in [6, 6.07) is 0. The Balaban J connectivity index is 3.38. The summed E-state index contributed by atoms with van der Waals surface area (Å²) in [5.74, 6) is 0. The Kier molecular flexibility index (Phi) is 5.46. The molecule has 0 heterocycles. The van der Waals surface area contributed by atoms with Crippen molar-refractivity contribution in [1.82, 2.24) is 0 Å². The van der Waals surface area contributed by atoms with Gasteiger partial charge in [-0.2, -0.15) is 0 Å². The third-order valence-electron chi connectivity index (χ3n) is 1.68. The van der Waals surface area contributed by atoms with E-state index in [-0.39, 0.29) is 5.54 Å². The topological polar surface area (TPSA) is 61.3 Å². The van der Waals surface area contributed by atoms with E-state index in [0.29, 0.717) is 6.61 Å². The van der Waals surface area contributed by atoms with Crippen molar-refractivity contribution in [2.45, 2.75) is 31.7 Å².